The maximum Gasteiger partial charge on any atom is 0.405 e. The largest absolute Gasteiger partial charge is 0.494 e. The van der Waals surface area contributed by atoms with Gasteiger partial charge in [0.1, 0.15) is 12.3 Å². The van der Waals surface area contributed by atoms with Gasteiger partial charge in [-0.05, 0) is 60.4 Å². The maximum atomic E-state index is 12.3. The molecule has 1 aromatic heterocycles. The number of nitrogens with zero attached hydrogens (tertiary/aromatic N) is 4. The van der Waals surface area contributed by atoms with Crippen molar-refractivity contribution < 1.29 is 22.7 Å². The molecular weight excluding hydrogens is 483 g/mol. The summed E-state index contributed by atoms with van der Waals surface area (Å²) in [6.07, 6.45) is -4.47. The van der Waals surface area contributed by atoms with Crippen LogP contribution in [-0.2, 0) is 6.54 Å². The molecule has 1 aliphatic rings. The summed E-state index contributed by atoms with van der Waals surface area (Å²) in [7, 11) is 0. The Bertz CT molecular complexity index is 1210. The molecule has 0 saturated carbocycles. The van der Waals surface area contributed by atoms with E-state index >= 15 is 0 Å². The Morgan fingerprint density at radius 1 is 1.03 bits per heavy atom. The van der Waals surface area contributed by atoms with Gasteiger partial charge in [0.15, 0.2) is 11.5 Å². The number of aryl methyl sites for hydroxylation is 1. The van der Waals surface area contributed by atoms with Gasteiger partial charge in [-0.25, -0.2) is 0 Å². The molecule has 1 aliphatic heterocycles. The number of nitrogens with one attached hydrogen (secondary N) is 1. The minimum atomic E-state index is -4.47. The van der Waals surface area contributed by atoms with Crippen molar-refractivity contribution in [1.29, 1.82) is 0 Å². The van der Waals surface area contributed by atoms with Crippen LogP contribution in [0.2, 0.25) is 0 Å². The molecule has 1 fully saturated rings. The van der Waals surface area contributed by atoms with Crippen LogP contribution in [0.1, 0.15) is 28.5 Å². The number of ether oxygens (including phenoxy) is 1. The summed E-state index contributed by atoms with van der Waals surface area (Å²) in [5, 5.41) is 9.66. The summed E-state index contributed by atoms with van der Waals surface area (Å²) < 4.78 is 42.5. The zero-order chi connectivity index (χ0) is 26.4. The molecule has 2 heterocycles. The number of halogens is 3. The van der Waals surface area contributed by atoms with Gasteiger partial charge in [-0.2, -0.15) is 13.2 Å². The fourth-order valence-corrected chi connectivity index (χ4v) is 4.35. The van der Waals surface area contributed by atoms with Crippen LogP contribution >= 0.6 is 0 Å². The zero-order valence-corrected chi connectivity index (χ0v) is 20.9. The Morgan fingerprint density at radius 3 is 2.46 bits per heavy atom. The van der Waals surface area contributed by atoms with Crippen molar-refractivity contribution >= 4 is 11.7 Å². The predicted molar refractivity (Wildman–Crippen MR) is 136 cm³/mol. The lowest BCUT2D eigenvalue weighted by Crippen LogP contribution is -2.46. The van der Waals surface area contributed by atoms with Gasteiger partial charge in [0.05, 0.1) is 6.61 Å². The Hall–Kier alpha value is -3.66. The van der Waals surface area contributed by atoms with E-state index in [1.54, 1.807) is 11.4 Å². The molecule has 0 aliphatic carbocycles. The van der Waals surface area contributed by atoms with Crippen LogP contribution in [0.3, 0.4) is 0 Å². The number of piperazine rings is 1. The third kappa shape index (κ3) is 7.19. The third-order valence-corrected chi connectivity index (χ3v) is 6.18. The first-order valence-electron chi connectivity index (χ1n) is 12.2. The first-order chi connectivity index (χ1) is 17.7. The molecule has 3 aromatic rings. The van der Waals surface area contributed by atoms with Crippen LogP contribution in [0.15, 0.2) is 54.6 Å². The number of alkyl halides is 3. The standard InChI is InChI=1S/C27H30F3N5O2/c1-3-37-22-6-4-5-21(16-22)23-8-7-20(15-19(23)2)17-34-11-13-35(14-12-34)25-10-9-24(32-33-25)26(36)31-18-27(28,29)30/h4-10,15-16H,3,11-14,17-18H2,1-2H3,(H,31,36). The average Bonchev–Trinajstić information content (AvgIpc) is 2.88. The predicted octanol–water partition coefficient (Wildman–Crippen LogP) is 4.47. The zero-order valence-electron chi connectivity index (χ0n) is 20.9. The van der Waals surface area contributed by atoms with Crippen molar-refractivity contribution in [2.75, 3.05) is 44.2 Å². The van der Waals surface area contributed by atoms with Crippen LogP contribution in [0.4, 0.5) is 19.0 Å². The summed E-state index contributed by atoms with van der Waals surface area (Å²) in [5.74, 6) is 0.566. The first kappa shape index (κ1) is 26.4. The van der Waals surface area contributed by atoms with Gasteiger partial charge >= 0.3 is 6.18 Å². The van der Waals surface area contributed by atoms with E-state index < -0.39 is 18.6 Å². The van der Waals surface area contributed by atoms with Crippen molar-refractivity contribution in [3.63, 3.8) is 0 Å². The van der Waals surface area contributed by atoms with E-state index in [4.69, 9.17) is 4.74 Å². The maximum absolute atomic E-state index is 12.3. The monoisotopic (exact) mass is 513 g/mol. The molecule has 4 rings (SSSR count). The van der Waals surface area contributed by atoms with Gasteiger partial charge in [0.2, 0.25) is 0 Å². The highest BCUT2D eigenvalue weighted by Gasteiger charge is 2.28. The number of amides is 1. The number of anilines is 1. The van der Waals surface area contributed by atoms with E-state index in [1.807, 2.05) is 19.1 Å². The number of rotatable bonds is 8. The first-order valence-corrected chi connectivity index (χ1v) is 12.2. The molecule has 196 valence electrons. The average molecular weight is 514 g/mol. The molecule has 10 heteroatoms. The molecule has 0 spiro atoms. The lowest BCUT2D eigenvalue weighted by Gasteiger charge is -2.35. The molecule has 2 aromatic carbocycles. The molecule has 1 N–H and O–H groups in total. The molecule has 37 heavy (non-hydrogen) atoms. The van der Waals surface area contributed by atoms with Gasteiger partial charge in [0.25, 0.3) is 5.91 Å². The van der Waals surface area contributed by atoms with Crippen LogP contribution < -0.4 is 15.0 Å². The summed E-state index contributed by atoms with van der Waals surface area (Å²) in [5.41, 5.74) is 4.62. The fraction of sp³-hybridized carbons (Fsp3) is 0.370. The van der Waals surface area contributed by atoms with Crippen LogP contribution in [0.25, 0.3) is 11.1 Å². The van der Waals surface area contributed by atoms with E-state index in [9.17, 15) is 18.0 Å². The summed E-state index contributed by atoms with van der Waals surface area (Å²) in [6, 6.07) is 17.7. The highest BCUT2D eigenvalue weighted by atomic mass is 19.4. The van der Waals surface area contributed by atoms with Crippen molar-refractivity contribution in [3.8, 4) is 16.9 Å². The van der Waals surface area contributed by atoms with E-state index in [1.165, 1.54) is 22.8 Å². The minimum absolute atomic E-state index is 0.143. The van der Waals surface area contributed by atoms with E-state index in [0.717, 1.165) is 44.0 Å². The van der Waals surface area contributed by atoms with Crippen molar-refractivity contribution in [2.24, 2.45) is 0 Å². The van der Waals surface area contributed by atoms with Crippen molar-refractivity contribution in [1.82, 2.24) is 20.4 Å². The van der Waals surface area contributed by atoms with Crippen molar-refractivity contribution in [3.05, 3.63) is 71.4 Å². The van der Waals surface area contributed by atoms with Gasteiger partial charge in [-0.3, -0.25) is 9.69 Å². The van der Waals surface area contributed by atoms with Crippen LogP contribution in [0.5, 0.6) is 5.75 Å². The summed E-state index contributed by atoms with van der Waals surface area (Å²) >= 11 is 0. The van der Waals surface area contributed by atoms with Crippen LogP contribution in [0, 0.1) is 6.92 Å². The lowest BCUT2D eigenvalue weighted by molar-refractivity contribution is -0.123. The number of carbonyl (C=O) groups excluding carboxylic acids is 1. The number of hydrogen-bond donors (Lipinski definition) is 1. The number of carbonyl (C=O) groups is 1. The van der Waals surface area contributed by atoms with Gasteiger partial charge in [0, 0.05) is 32.7 Å². The van der Waals surface area contributed by atoms with Gasteiger partial charge in [-0.15, -0.1) is 10.2 Å². The Balaban J connectivity index is 1.30. The molecule has 0 atom stereocenters. The van der Waals surface area contributed by atoms with E-state index in [2.05, 4.69) is 57.3 Å². The minimum Gasteiger partial charge on any atom is -0.494 e. The highest BCUT2D eigenvalue weighted by molar-refractivity contribution is 5.92. The van der Waals surface area contributed by atoms with Crippen LogP contribution in [-0.4, -0.2) is 66.5 Å². The SMILES string of the molecule is CCOc1cccc(-c2ccc(CN3CCN(c4ccc(C(=O)NCC(F)(F)F)nn4)CC3)cc2C)c1. The van der Waals surface area contributed by atoms with Crippen molar-refractivity contribution in [2.45, 2.75) is 26.6 Å². The Kier molecular flexibility index (Phi) is 8.27. The van der Waals surface area contributed by atoms with Gasteiger partial charge in [-0.1, -0.05) is 30.3 Å². The number of hydrogen-bond acceptors (Lipinski definition) is 6. The molecular formula is C27H30F3N5O2. The molecule has 0 radical (unpaired) electrons. The second-order valence-corrected chi connectivity index (χ2v) is 8.95. The van der Waals surface area contributed by atoms with E-state index in [-0.39, 0.29) is 5.69 Å². The third-order valence-electron chi connectivity index (χ3n) is 6.18. The topological polar surface area (TPSA) is 70.6 Å². The Morgan fingerprint density at radius 2 is 1.81 bits per heavy atom. The normalized spacial score (nSPS) is 14.5. The quantitative estimate of drug-likeness (QED) is 0.480. The number of benzene rings is 2. The summed E-state index contributed by atoms with van der Waals surface area (Å²) in [4.78, 5) is 16.2. The lowest BCUT2D eigenvalue weighted by atomic mass is 9.98. The molecule has 1 saturated heterocycles. The highest BCUT2D eigenvalue weighted by Crippen LogP contribution is 2.28. The molecule has 0 unspecified atom stereocenters. The second kappa shape index (κ2) is 11.6. The second-order valence-electron chi connectivity index (χ2n) is 8.95. The molecule has 1 amide bonds. The number of aromatic nitrogens is 2. The van der Waals surface area contributed by atoms with E-state index in [0.29, 0.717) is 12.4 Å². The fourth-order valence-electron chi connectivity index (χ4n) is 4.35. The molecule has 0 bridgehead atoms. The summed E-state index contributed by atoms with van der Waals surface area (Å²) in [6.45, 7) is 7.27. The van der Waals surface area contributed by atoms with Gasteiger partial charge < -0.3 is 15.0 Å². The Labute approximate surface area is 214 Å². The molecule has 7 nitrogen and oxygen atoms in total. The smallest absolute Gasteiger partial charge is 0.405 e.